The van der Waals surface area contributed by atoms with E-state index in [1.54, 1.807) is 45.0 Å². The van der Waals surface area contributed by atoms with Crippen molar-refractivity contribution in [3.05, 3.63) is 54.1 Å². The summed E-state index contributed by atoms with van der Waals surface area (Å²) in [5, 5.41) is 13.6. The number of nitrogens with zero attached hydrogens (tertiary/aromatic N) is 1. The summed E-state index contributed by atoms with van der Waals surface area (Å²) < 4.78 is 40.3. The molecule has 0 saturated heterocycles. The molecule has 2 rings (SSSR count). The number of rotatable bonds is 5. The Morgan fingerprint density at radius 2 is 1.48 bits per heavy atom. The predicted octanol–water partition coefficient (Wildman–Crippen LogP) is 5.09. The van der Waals surface area contributed by atoms with Crippen LogP contribution in [0.2, 0.25) is 0 Å². The highest BCUT2D eigenvalue weighted by molar-refractivity contribution is 5.80. The topological polar surface area (TPSA) is 61.8 Å². The van der Waals surface area contributed by atoms with Gasteiger partial charge in [-0.2, -0.15) is 0 Å². The molecule has 27 heavy (non-hydrogen) atoms. The molecule has 0 aliphatic carbocycles. The molecule has 0 aliphatic rings. The summed E-state index contributed by atoms with van der Waals surface area (Å²) in [5.41, 5.74) is 1.34. The fourth-order valence-electron chi connectivity index (χ4n) is 2.23. The average Bonchev–Trinajstić information content (AvgIpc) is 2.55. The largest absolute Gasteiger partial charge is 0.573 e. The first-order valence-corrected chi connectivity index (χ1v) is 8.17. The first-order valence-electron chi connectivity index (χ1n) is 8.17. The minimum atomic E-state index is -4.72. The quantitative estimate of drug-likeness (QED) is 0.558. The zero-order valence-corrected chi connectivity index (χ0v) is 15.2. The van der Waals surface area contributed by atoms with Crippen LogP contribution in [0.5, 0.6) is 5.75 Å². The van der Waals surface area contributed by atoms with Gasteiger partial charge in [0.05, 0.1) is 6.54 Å². The average molecular weight is 382 g/mol. The van der Waals surface area contributed by atoms with Gasteiger partial charge in [0.2, 0.25) is 0 Å². The van der Waals surface area contributed by atoms with Gasteiger partial charge in [-0.15, -0.1) is 13.2 Å². The Kier molecular flexibility index (Phi) is 6.00. The number of alkyl halides is 3. The fourth-order valence-corrected chi connectivity index (χ4v) is 2.23. The summed E-state index contributed by atoms with van der Waals surface area (Å²) in [6, 6.07) is 12.3. The van der Waals surface area contributed by atoms with Crippen LogP contribution in [0.15, 0.2) is 48.5 Å². The number of hydrogen-bond donors (Lipinski definition) is 2. The maximum absolute atomic E-state index is 12.2. The van der Waals surface area contributed by atoms with Crippen molar-refractivity contribution in [2.45, 2.75) is 33.7 Å². The first kappa shape index (κ1) is 20.6. The zero-order chi connectivity index (χ0) is 20.2. The Balaban J connectivity index is 1.96. The molecule has 2 N–H and O–H groups in total. The molecular formula is C19H21F3N2O3. The van der Waals surface area contributed by atoms with Crippen molar-refractivity contribution in [3.63, 3.8) is 0 Å². The van der Waals surface area contributed by atoms with Crippen LogP contribution < -0.4 is 10.1 Å². The van der Waals surface area contributed by atoms with Crippen molar-refractivity contribution in [2.75, 3.05) is 5.32 Å². The van der Waals surface area contributed by atoms with Crippen LogP contribution in [-0.2, 0) is 11.3 Å². The Bertz CT molecular complexity index is 767. The Morgan fingerprint density at radius 1 is 1.00 bits per heavy atom. The number of amides is 1. The van der Waals surface area contributed by atoms with Gasteiger partial charge < -0.3 is 10.1 Å². The molecule has 0 unspecified atom stereocenters. The Labute approximate surface area is 155 Å². The van der Waals surface area contributed by atoms with E-state index in [0.29, 0.717) is 16.4 Å². The highest BCUT2D eigenvalue weighted by Gasteiger charge is 2.31. The summed E-state index contributed by atoms with van der Waals surface area (Å²) in [7, 11) is 0. The van der Waals surface area contributed by atoms with E-state index >= 15 is 0 Å². The number of nitrogens with one attached hydrogen (secondary N) is 1. The molecule has 1 amide bonds. The van der Waals surface area contributed by atoms with Gasteiger partial charge >= 0.3 is 6.36 Å². The van der Waals surface area contributed by atoms with E-state index < -0.39 is 11.8 Å². The van der Waals surface area contributed by atoms with E-state index in [4.69, 9.17) is 0 Å². The molecule has 146 valence electrons. The van der Waals surface area contributed by atoms with Crippen molar-refractivity contribution in [1.29, 1.82) is 0 Å². The molecular weight excluding hydrogens is 361 g/mol. The van der Waals surface area contributed by atoms with E-state index in [1.165, 1.54) is 24.3 Å². The van der Waals surface area contributed by atoms with Crippen molar-refractivity contribution >= 4 is 17.3 Å². The Morgan fingerprint density at radius 3 is 1.93 bits per heavy atom. The van der Waals surface area contributed by atoms with Gasteiger partial charge in [-0.25, -0.2) is 5.06 Å². The molecule has 0 atom stereocenters. The van der Waals surface area contributed by atoms with Crippen LogP contribution in [0.1, 0.15) is 26.3 Å². The predicted molar refractivity (Wildman–Crippen MR) is 94.6 cm³/mol. The summed E-state index contributed by atoms with van der Waals surface area (Å²) >= 11 is 0. The molecule has 0 fully saturated rings. The summed E-state index contributed by atoms with van der Waals surface area (Å²) in [4.78, 5) is 12.0. The van der Waals surface area contributed by atoms with Crippen molar-refractivity contribution < 1.29 is 27.9 Å². The second-order valence-electron chi connectivity index (χ2n) is 7.01. The number of benzene rings is 2. The molecule has 0 radical (unpaired) electrons. The molecule has 2 aromatic carbocycles. The maximum atomic E-state index is 12.2. The van der Waals surface area contributed by atoms with Crippen molar-refractivity contribution in [1.82, 2.24) is 5.06 Å². The van der Waals surface area contributed by atoms with Gasteiger partial charge in [0.1, 0.15) is 5.75 Å². The van der Waals surface area contributed by atoms with E-state index in [9.17, 15) is 23.2 Å². The van der Waals surface area contributed by atoms with Gasteiger partial charge in [0.15, 0.2) is 0 Å². The number of halogens is 3. The molecule has 8 heteroatoms. The van der Waals surface area contributed by atoms with Crippen LogP contribution in [0.3, 0.4) is 0 Å². The highest BCUT2D eigenvalue weighted by atomic mass is 19.4. The number of hydrogen-bond acceptors (Lipinski definition) is 4. The number of ether oxygens (including phenoxy) is 1. The normalized spacial score (nSPS) is 11.8. The van der Waals surface area contributed by atoms with Crippen LogP contribution in [0.4, 0.5) is 24.5 Å². The molecule has 0 bridgehead atoms. The van der Waals surface area contributed by atoms with Crippen LogP contribution in [0.25, 0.3) is 0 Å². The molecule has 0 spiro atoms. The SMILES string of the molecule is CC(C)(C)C(=O)N(O)Cc1ccc(Nc2ccc(OC(F)(F)F)cc2)cc1. The molecule has 0 aliphatic heterocycles. The first-order chi connectivity index (χ1) is 12.4. The van der Waals surface area contributed by atoms with Crippen molar-refractivity contribution in [2.24, 2.45) is 5.41 Å². The number of carbonyl (C=O) groups is 1. The molecule has 0 saturated carbocycles. The van der Waals surface area contributed by atoms with E-state index in [0.717, 1.165) is 5.56 Å². The second-order valence-corrected chi connectivity index (χ2v) is 7.01. The van der Waals surface area contributed by atoms with Crippen LogP contribution in [0, 0.1) is 5.41 Å². The monoisotopic (exact) mass is 382 g/mol. The molecule has 2 aromatic rings. The van der Waals surface area contributed by atoms with Gasteiger partial charge in [-0.1, -0.05) is 32.9 Å². The number of hydroxylamine groups is 2. The van der Waals surface area contributed by atoms with Crippen LogP contribution >= 0.6 is 0 Å². The second kappa shape index (κ2) is 7.87. The molecule has 0 heterocycles. The lowest BCUT2D eigenvalue weighted by Crippen LogP contribution is -2.36. The maximum Gasteiger partial charge on any atom is 0.573 e. The zero-order valence-electron chi connectivity index (χ0n) is 15.2. The van der Waals surface area contributed by atoms with Gasteiger partial charge in [0.25, 0.3) is 5.91 Å². The molecule has 0 aromatic heterocycles. The van der Waals surface area contributed by atoms with E-state index in [2.05, 4.69) is 10.1 Å². The van der Waals surface area contributed by atoms with Crippen LogP contribution in [-0.4, -0.2) is 22.5 Å². The summed E-state index contributed by atoms with van der Waals surface area (Å²) in [5.74, 6) is -0.680. The number of carbonyl (C=O) groups excluding carboxylic acids is 1. The smallest absolute Gasteiger partial charge is 0.406 e. The highest BCUT2D eigenvalue weighted by Crippen LogP contribution is 2.25. The van der Waals surface area contributed by atoms with E-state index in [1.807, 2.05) is 0 Å². The lowest BCUT2D eigenvalue weighted by molar-refractivity contribution is -0.274. The van der Waals surface area contributed by atoms with E-state index in [-0.39, 0.29) is 18.2 Å². The third-order valence-corrected chi connectivity index (χ3v) is 3.54. The minimum Gasteiger partial charge on any atom is -0.406 e. The van der Waals surface area contributed by atoms with Crippen molar-refractivity contribution in [3.8, 4) is 5.75 Å². The third kappa shape index (κ3) is 6.49. The van der Waals surface area contributed by atoms with Gasteiger partial charge in [0, 0.05) is 16.8 Å². The number of anilines is 2. The van der Waals surface area contributed by atoms with Gasteiger partial charge in [-0.05, 0) is 42.0 Å². The lowest BCUT2D eigenvalue weighted by Gasteiger charge is -2.24. The summed E-state index contributed by atoms with van der Waals surface area (Å²) in [6.07, 6.45) is -4.72. The molecule has 5 nitrogen and oxygen atoms in total. The minimum absolute atomic E-state index is 0.0554. The third-order valence-electron chi connectivity index (χ3n) is 3.54. The lowest BCUT2D eigenvalue weighted by atomic mass is 9.95. The van der Waals surface area contributed by atoms with Gasteiger partial charge in [-0.3, -0.25) is 10.0 Å². The summed E-state index contributed by atoms with van der Waals surface area (Å²) in [6.45, 7) is 5.21. The Hall–Kier alpha value is -2.74. The standard InChI is InChI=1S/C19H21F3N2O3/c1-18(2,3)17(25)24(26)12-13-4-6-14(7-5-13)23-15-8-10-16(11-9-15)27-19(20,21)22/h4-11,23,26H,12H2,1-3H3. The fraction of sp³-hybridized carbons (Fsp3) is 0.316.